The lowest BCUT2D eigenvalue weighted by Crippen LogP contribution is -2.03. The number of halogens is 1. The molecule has 6 heavy (non-hydrogen) atoms. The highest BCUT2D eigenvalue weighted by atomic mass is 35.5. The summed E-state index contributed by atoms with van der Waals surface area (Å²) in [5, 5.41) is 7.90. The van der Waals surface area contributed by atoms with Gasteiger partial charge in [0.25, 0.3) is 0 Å². The van der Waals surface area contributed by atoms with E-state index in [1.165, 1.54) is 0 Å². The van der Waals surface area contributed by atoms with Crippen LogP contribution in [0.25, 0.3) is 0 Å². The fourth-order valence-corrected chi connectivity index (χ4v) is 0.127. The van der Waals surface area contributed by atoms with Gasteiger partial charge in [0.1, 0.15) is 6.61 Å². The Balaban J connectivity index is 2.99. The number of hydrogen-bond acceptors (Lipinski definition) is 2. The second-order valence-electron chi connectivity index (χ2n) is 0.830. The molecule has 0 unspecified atom stereocenters. The van der Waals surface area contributed by atoms with Crippen LogP contribution in [-0.4, -0.2) is 23.4 Å². The summed E-state index contributed by atoms with van der Waals surface area (Å²) in [6.45, 7) is -0.441. The lowest BCUT2D eigenvalue weighted by atomic mass is 10.5. The largest absolute Gasteiger partial charge is 0.389 e. The maximum atomic E-state index is 9.80. The number of rotatable bonds is 2. The average Bonchev–Trinajstić information content (AvgIpc) is 1.65. The van der Waals surface area contributed by atoms with Crippen LogP contribution >= 0.6 is 11.6 Å². The van der Waals surface area contributed by atoms with Crippen molar-refractivity contribution in [2.75, 3.05) is 12.5 Å². The van der Waals surface area contributed by atoms with Gasteiger partial charge in [-0.2, -0.15) is 0 Å². The maximum Gasteiger partial charge on any atom is 0.172 e. The molecule has 36 valence electrons. The summed E-state index contributed by atoms with van der Waals surface area (Å²) in [6, 6.07) is 0. The van der Waals surface area contributed by atoms with Gasteiger partial charge in [-0.25, -0.2) is 0 Å². The van der Waals surface area contributed by atoms with E-state index >= 15 is 0 Å². The van der Waals surface area contributed by atoms with Crippen molar-refractivity contribution < 1.29 is 9.90 Å². The molecule has 0 fully saturated rings. The first-order chi connectivity index (χ1) is 2.81. The molecule has 0 aliphatic heterocycles. The average molecular weight is 109 g/mol. The number of ketones is 1. The fraction of sp³-hybridized carbons (Fsp3) is 0.667. The summed E-state index contributed by atoms with van der Waals surface area (Å²) < 4.78 is 0. The van der Waals surface area contributed by atoms with Gasteiger partial charge in [-0.1, -0.05) is 0 Å². The maximum absolute atomic E-state index is 9.80. The number of carbonyl (C=O) groups excluding carboxylic acids is 1. The second kappa shape index (κ2) is 3.12. The zero-order valence-corrected chi connectivity index (χ0v) is 3.90. The molecule has 0 aromatic carbocycles. The minimum absolute atomic E-state index is 0.0868. The van der Waals surface area contributed by atoms with E-state index in [1.807, 2.05) is 0 Å². The topological polar surface area (TPSA) is 37.3 Å². The van der Waals surface area contributed by atoms with Crippen molar-refractivity contribution >= 4 is 17.4 Å². The van der Waals surface area contributed by atoms with Crippen LogP contribution in [0.3, 0.4) is 0 Å². The van der Waals surface area contributed by atoms with Gasteiger partial charge in [0.2, 0.25) is 0 Å². The van der Waals surface area contributed by atoms with Gasteiger partial charge in [0.05, 0.1) is 5.88 Å². The Kier molecular flexibility index (Phi) is 3.08. The van der Waals surface area contributed by atoms with Crippen molar-refractivity contribution in [1.29, 1.82) is 0 Å². The Hall–Kier alpha value is -0.0800. The Morgan fingerprint density at radius 1 is 1.83 bits per heavy atom. The molecule has 0 spiro atoms. The third-order valence-corrected chi connectivity index (χ3v) is 0.623. The van der Waals surface area contributed by atoms with Crippen LogP contribution < -0.4 is 0 Å². The molecule has 0 aromatic rings. The van der Waals surface area contributed by atoms with E-state index in [0.29, 0.717) is 0 Å². The molecule has 0 rings (SSSR count). The van der Waals surface area contributed by atoms with Gasteiger partial charge in [-0.3, -0.25) is 4.79 Å². The van der Waals surface area contributed by atoms with Crippen molar-refractivity contribution in [2.24, 2.45) is 0 Å². The minimum atomic E-state index is -0.441. The molecule has 0 atom stereocenters. The van der Waals surface area contributed by atoms with E-state index in [2.05, 4.69) is 0 Å². The quantitative estimate of drug-likeness (QED) is 0.497. The van der Waals surface area contributed by atoms with Crippen molar-refractivity contribution in [1.82, 2.24) is 0 Å². The number of aliphatic hydroxyl groups is 1. The number of alkyl halides is 1. The zero-order chi connectivity index (χ0) is 4.99. The minimum Gasteiger partial charge on any atom is -0.389 e. The van der Waals surface area contributed by atoms with E-state index in [9.17, 15) is 4.79 Å². The Morgan fingerprint density at radius 3 is 2.33 bits per heavy atom. The summed E-state index contributed by atoms with van der Waals surface area (Å²) in [5.41, 5.74) is 0. The van der Waals surface area contributed by atoms with Crippen molar-refractivity contribution in [3.8, 4) is 0 Å². The molecule has 0 radical (unpaired) electrons. The summed E-state index contributed by atoms with van der Waals surface area (Å²) in [5.74, 6) is -0.423. The number of Topliss-reactive ketones (excluding diaryl/α,β-unsaturated/α-hetero) is 1. The summed E-state index contributed by atoms with van der Waals surface area (Å²) in [7, 11) is 0. The van der Waals surface area contributed by atoms with Gasteiger partial charge < -0.3 is 5.11 Å². The van der Waals surface area contributed by atoms with Crippen LogP contribution in [0.2, 0.25) is 0 Å². The highest BCUT2D eigenvalue weighted by molar-refractivity contribution is 6.27. The van der Waals surface area contributed by atoms with Gasteiger partial charge in [0.15, 0.2) is 5.78 Å². The van der Waals surface area contributed by atoms with Gasteiger partial charge in [-0.15, -0.1) is 11.6 Å². The normalized spacial score (nSPS) is 8.33. The predicted octanol–water partition coefficient (Wildman–Crippen LogP) is -0.213. The molecule has 0 saturated heterocycles. The molecule has 0 bridgehead atoms. The van der Waals surface area contributed by atoms with E-state index in [0.717, 1.165) is 0 Å². The third-order valence-electron chi connectivity index (χ3n) is 0.325. The van der Waals surface area contributed by atoms with E-state index < -0.39 is 6.61 Å². The third kappa shape index (κ3) is 2.18. The molecule has 0 heterocycles. The molecular formula is C3H5ClO2. The zero-order valence-electron chi connectivity index (χ0n) is 3.15. The van der Waals surface area contributed by atoms with Crippen molar-refractivity contribution in [3.05, 3.63) is 0 Å². The first-order valence-electron chi connectivity index (χ1n) is 1.49. The monoisotopic (exact) mass is 108 g/mol. The van der Waals surface area contributed by atoms with Crippen LogP contribution in [0.4, 0.5) is 0 Å². The van der Waals surface area contributed by atoms with E-state index in [-0.39, 0.29) is 11.7 Å². The Labute approximate surface area is 40.7 Å². The van der Waals surface area contributed by atoms with Crippen LogP contribution in [0.1, 0.15) is 0 Å². The second-order valence-corrected chi connectivity index (χ2v) is 1.10. The molecule has 0 aromatic heterocycles. The standard InChI is InChI=1S/C3H5ClO2/c4-1-3(6)2-5/h5H,1-2H2. The van der Waals surface area contributed by atoms with Crippen LogP contribution in [0.15, 0.2) is 0 Å². The van der Waals surface area contributed by atoms with Gasteiger partial charge >= 0.3 is 0 Å². The molecular weight excluding hydrogens is 103 g/mol. The fourth-order valence-electron chi connectivity index (χ4n) is 0.0423. The summed E-state index contributed by atoms with van der Waals surface area (Å²) in [6.07, 6.45) is 0. The van der Waals surface area contributed by atoms with E-state index in [1.54, 1.807) is 0 Å². The highest BCUT2D eigenvalue weighted by Gasteiger charge is 1.90. The first-order valence-corrected chi connectivity index (χ1v) is 2.03. The molecule has 3 heteroatoms. The number of carbonyl (C=O) groups is 1. The van der Waals surface area contributed by atoms with E-state index in [4.69, 9.17) is 16.7 Å². The molecule has 2 nitrogen and oxygen atoms in total. The lowest BCUT2D eigenvalue weighted by molar-refractivity contribution is -0.119. The molecule has 0 amide bonds. The van der Waals surface area contributed by atoms with Crippen LogP contribution in [0, 0.1) is 0 Å². The van der Waals surface area contributed by atoms with Gasteiger partial charge in [0, 0.05) is 0 Å². The smallest absolute Gasteiger partial charge is 0.172 e. The number of hydrogen-bond donors (Lipinski definition) is 1. The Morgan fingerprint density at radius 2 is 2.33 bits per heavy atom. The molecule has 0 aliphatic rings. The highest BCUT2D eigenvalue weighted by Crippen LogP contribution is 1.73. The summed E-state index contributed by atoms with van der Waals surface area (Å²) >= 11 is 4.94. The molecule has 0 saturated carbocycles. The lowest BCUT2D eigenvalue weighted by Gasteiger charge is -1.79. The first kappa shape index (κ1) is 5.92. The van der Waals surface area contributed by atoms with Crippen molar-refractivity contribution in [2.45, 2.75) is 0 Å². The Bertz CT molecular complexity index is 46.8. The number of aliphatic hydroxyl groups excluding tert-OH is 1. The van der Waals surface area contributed by atoms with Crippen LogP contribution in [0.5, 0.6) is 0 Å². The van der Waals surface area contributed by atoms with Crippen LogP contribution in [-0.2, 0) is 4.79 Å². The van der Waals surface area contributed by atoms with Crippen molar-refractivity contribution in [3.63, 3.8) is 0 Å². The molecule has 1 N–H and O–H groups in total. The predicted molar refractivity (Wildman–Crippen MR) is 22.8 cm³/mol. The molecule has 0 aliphatic carbocycles. The van der Waals surface area contributed by atoms with Gasteiger partial charge in [-0.05, 0) is 0 Å². The SMILES string of the molecule is O=C(CO)CCl. The summed E-state index contributed by atoms with van der Waals surface area (Å²) in [4.78, 5) is 9.80.